The van der Waals surface area contributed by atoms with Crippen LogP contribution < -0.4 is 0 Å². The minimum absolute atomic E-state index is 0. The zero-order chi connectivity index (χ0) is 14.0. The van der Waals surface area contributed by atoms with Crippen molar-refractivity contribution in [1.29, 1.82) is 0 Å². The number of carbonyl (C=O) groups is 1. The summed E-state index contributed by atoms with van der Waals surface area (Å²) in [6, 6.07) is 0. The Labute approximate surface area is 124 Å². The summed E-state index contributed by atoms with van der Waals surface area (Å²) >= 11 is 0. The molecule has 0 aliphatic rings. The average molecular weight is 332 g/mol. The summed E-state index contributed by atoms with van der Waals surface area (Å²) in [6.07, 6.45) is 3.71. The third-order valence-electron chi connectivity index (χ3n) is 1.75. The molecule has 0 spiro atoms. The summed E-state index contributed by atoms with van der Waals surface area (Å²) in [5.74, 6) is -0.754. The SMILES string of the molecule is CCCCC(CC)C(=O)O.CO.CO.CO.[Zr]. The van der Waals surface area contributed by atoms with Crippen LogP contribution in [0.25, 0.3) is 0 Å². The molecule has 0 aliphatic carbocycles. The minimum Gasteiger partial charge on any atom is -0.481 e. The number of carboxylic acids is 1. The van der Waals surface area contributed by atoms with Gasteiger partial charge in [0.2, 0.25) is 0 Å². The number of carboxylic acid groups (broad SMARTS) is 1. The molecule has 0 saturated carbocycles. The molecule has 0 radical (unpaired) electrons. The number of aliphatic hydroxyl groups excluding tert-OH is 3. The third-order valence-corrected chi connectivity index (χ3v) is 1.75. The molecule has 4 N–H and O–H groups in total. The van der Waals surface area contributed by atoms with Crippen molar-refractivity contribution in [1.82, 2.24) is 0 Å². The Kier molecular flexibility index (Phi) is 64.2. The van der Waals surface area contributed by atoms with Crippen LogP contribution in [-0.2, 0) is 31.0 Å². The number of unbranched alkanes of at least 4 members (excludes halogenated alkanes) is 1. The molecule has 0 aromatic rings. The number of hydrogen-bond acceptors (Lipinski definition) is 4. The van der Waals surface area contributed by atoms with E-state index in [0.29, 0.717) is 0 Å². The normalized spacial score (nSPS) is 8.71. The van der Waals surface area contributed by atoms with E-state index in [2.05, 4.69) is 6.92 Å². The molecule has 0 saturated heterocycles. The van der Waals surface area contributed by atoms with Crippen molar-refractivity contribution in [2.45, 2.75) is 39.5 Å². The van der Waals surface area contributed by atoms with Gasteiger partial charge in [0.15, 0.2) is 0 Å². The molecule has 106 valence electrons. The van der Waals surface area contributed by atoms with Gasteiger partial charge in [0.25, 0.3) is 0 Å². The number of aliphatic carboxylic acids is 1. The summed E-state index contributed by atoms with van der Waals surface area (Å²) in [5.41, 5.74) is 0. The van der Waals surface area contributed by atoms with Crippen molar-refractivity contribution >= 4 is 5.97 Å². The summed E-state index contributed by atoms with van der Waals surface area (Å²) in [6.45, 7) is 4.00. The number of rotatable bonds is 5. The van der Waals surface area contributed by atoms with E-state index in [1.54, 1.807) is 0 Å². The minimum atomic E-state index is -0.643. The molecule has 6 heteroatoms. The first-order valence-electron chi connectivity index (χ1n) is 5.29. The van der Waals surface area contributed by atoms with Crippen molar-refractivity contribution in [3.05, 3.63) is 0 Å². The van der Waals surface area contributed by atoms with Crippen LogP contribution in [-0.4, -0.2) is 47.7 Å². The molecular weight excluding hydrogens is 303 g/mol. The van der Waals surface area contributed by atoms with E-state index < -0.39 is 5.97 Å². The molecule has 0 aromatic heterocycles. The van der Waals surface area contributed by atoms with Crippen molar-refractivity contribution in [2.24, 2.45) is 5.92 Å². The van der Waals surface area contributed by atoms with E-state index >= 15 is 0 Å². The maximum atomic E-state index is 10.4. The predicted octanol–water partition coefficient (Wildman–Crippen LogP) is 1.11. The molecule has 0 rings (SSSR count). The van der Waals surface area contributed by atoms with Gasteiger partial charge in [-0.3, -0.25) is 4.79 Å². The Hall–Kier alpha value is 0.233. The van der Waals surface area contributed by atoms with Crippen molar-refractivity contribution in [3.8, 4) is 0 Å². The van der Waals surface area contributed by atoms with Crippen LogP contribution in [0.4, 0.5) is 0 Å². The largest absolute Gasteiger partial charge is 0.481 e. The summed E-state index contributed by atoms with van der Waals surface area (Å²) < 4.78 is 0. The molecule has 0 aromatic carbocycles. The van der Waals surface area contributed by atoms with Gasteiger partial charge in [0, 0.05) is 47.5 Å². The molecule has 0 aliphatic heterocycles. The van der Waals surface area contributed by atoms with E-state index in [-0.39, 0.29) is 32.1 Å². The van der Waals surface area contributed by atoms with Gasteiger partial charge < -0.3 is 20.4 Å². The summed E-state index contributed by atoms with van der Waals surface area (Å²) in [4.78, 5) is 10.4. The molecular formula is C11H28O5Zr. The fourth-order valence-electron chi connectivity index (χ4n) is 0.953. The molecule has 0 fully saturated rings. The van der Waals surface area contributed by atoms with Crippen molar-refractivity contribution in [2.75, 3.05) is 21.3 Å². The van der Waals surface area contributed by atoms with Gasteiger partial charge in [-0.25, -0.2) is 0 Å². The van der Waals surface area contributed by atoms with E-state index in [4.69, 9.17) is 20.4 Å². The van der Waals surface area contributed by atoms with Gasteiger partial charge in [-0.1, -0.05) is 26.7 Å². The van der Waals surface area contributed by atoms with Gasteiger partial charge in [-0.05, 0) is 12.8 Å². The smallest absolute Gasteiger partial charge is 0.306 e. The van der Waals surface area contributed by atoms with E-state index in [1.807, 2.05) is 6.92 Å². The number of aliphatic hydroxyl groups is 3. The first-order valence-corrected chi connectivity index (χ1v) is 5.29. The second kappa shape index (κ2) is 36.0. The first kappa shape index (κ1) is 30.3. The average Bonchev–Trinajstić information content (AvgIpc) is 2.37. The molecule has 0 heterocycles. The maximum absolute atomic E-state index is 10.4. The number of hydrogen-bond donors (Lipinski definition) is 4. The first-order chi connectivity index (χ1) is 7.72. The summed E-state index contributed by atoms with van der Waals surface area (Å²) in [5, 5.41) is 29.6. The zero-order valence-electron chi connectivity index (χ0n) is 11.6. The van der Waals surface area contributed by atoms with Gasteiger partial charge in [-0.2, -0.15) is 0 Å². The van der Waals surface area contributed by atoms with Crippen LogP contribution in [0, 0.1) is 5.92 Å². The second-order valence-corrected chi connectivity index (χ2v) is 2.59. The Morgan fingerprint density at radius 2 is 1.35 bits per heavy atom. The van der Waals surface area contributed by atoms with Crippen molar-refractivity contribution in [3.63, 3.8) is 0 Å². The Morgan fingerprint density at radius 3 is 1.53 bits per heavy atom. The molecule has 1 unspecified atom stereocenters. The fraction of sp³-hybridized carbons (Fsp3) is 0.909. The van der Waals surface area contributed by atoms with E-state index in [0.717, 1.165) is 47.0 Å². The third kappa shape index (κ3) is 31.4. The Bertz CT molecular complexity index is 112. The maximum Gasteiger partial charge on any atom is 0.306 e. The second-order valence-electron chi connectivity index (χ2n) is 2.59. The van der Waals surface area contributed by atoms with E-state index in [1.165, 1.54) is 0 Å². The molecule has 1 atom stereocenters. The van der Waals surface area contributed by atoms with Crippen molar-refractivity contribution < 1.29 is 51.4 Å². The Morgan fingerprint density at radius 1 is 1.00 bits per heavy atom. The standard InChI is InChI=1S/C8H16O2.3CH4O.Zr/c1-3-5-6-7(4-2)8(9)10;3*1-2;/h7H,3-6H2,1-2H3,(H,9,10);3*2H,1H3;. The molecule has 17 heavy (non-hydrogen) atoms. The van der Waals surface area contributed by atoms with Crippen LogP contribution in [0.1, 0.15) is 39.5 Å². The van der Waals surface area contributed by atoms with Gasteiger partial charge >= 0.3 is 5.97 Å². The van der Waals surface area contributed by atoms with E-state index in [9.17, 15) is 4.79 Å². The Balaban J connectivity index is -0.0000000594. The molecule has 0 bridgehead atoms. The quantitative estimate of drug-likeness (QED) is 0.605. The fourth-order valence-corrected chi connectivity index (χ4v) is 0.953. The monoisotopic (exact) mass is 330 g/mol. The van der Waals surface area contributed by atoms with Gasteiger partial charge in [0.1, 0.15) is 0 Å². The van der Waals surface area contributed by atoms with Crippen LogP contribution in [0.15, 0.2) is 0 Å². The van der Waals surface area contributed by atoms with Gasteiger partial charge in [-0.15, -0.1) is 0 Å². The van der Waals surface area contributed by atoms with Crippen LogP contribution >= 0.6 is 0 Å². The van der Waals surface area contributed by atoms with Crippen LogP contribution in [0.5, 0.6) is 0 Å². The predicted molar refractivity (Wildman–Crippen MR) is 65.4 cm³/mol. The molecule has 5 nitrogen and oxygen atoms in total. The van der Waals surface area contributed by atoms with Gasteiger partial charge in [0.05, 0.1) is 5.92 Å². The van der Waals surface area contributed by atoms with Crippen LogP contribution in [0.2, 0.25) is 0 Å². The topological polar surface area (TPSA) is 98.0 Å². The zero-order valence-corrected chi connectivity index (χ0v) is 14.1. The van der Waals surface area contributed by atoms with Crippen LogP contribution in [0.3, 0.4) is 0 Å². The summed E-state index contributed by atoms with van der Waals surface area (Å²) in [7, 11) is 3.00. The molecule has 0 amide bonds.